The van der Waals surface area contributed by atoms with Gasteiger partial charge in [0.2, 0.25) is 0 Å². The van der Waals surface area contributed by atoms with Crippen LogP contribution in [-0.2, 0) is 0 Å². The summed E-state index contributed by atoms with van der Waals surface area (Å²) in [5.74, 6) is 0. The van der Waals surface area contributed by atoms with Crippen LogP contribution in [-0.4, -0.2) is 28.8 Å². The molecule has 0 amide bonds. The second-order valence-corrected chi connectivity index (χ2v) is 4.27. The molecule has 0 rings (SSSR count). The van der Waals surface area contributed by atoms with Crippen molar-refractivity contribution in [3.05, 3.63) is 12.3 Å². The van der Waals surface area contributed by atoms with Gasteiger partial charge in [-0.15, -0.1) is 12.3 Å². The molecule has 0 aliphatic carbocycles. The molecule has 0 spiro atoms. The highest BCUT2D eigenvalue weighted by Gasteiger charge is 2.01. The SMILES string of the molecule is C=C[SiH2]CC(NCC)NCC. The van der Waals surface area contributed by atoms with Crippen molar-refractivity contribution in [2.45, 2.75) is 26.1 Å². The Labute approximate surface area is 72.3 Å². The van der Waals surface area contributed by atoms with Crippen LogP contribution in [0.4, 0.5) is 0 Å². The zero-order valence-corrected chi connectivity index (χ0v) is 9.10. The molecule has 0 aromatic heterocycles. The van der Waals surface area contributed by atoms with Gasteiger partial charge in [0, 0.05) is 9.52 Å². The summed E-state index contributed by atoms with van der Waals surface area (Å²) >= 11 is 0. The maximum Gasteiger partial charge on any atom is 0.0544 e. The Hall–Kier alpha value is -0.123. The molecule has 0 fully saturated rings. The van der Waals surface area contributed by atoms with Crippen LogP contribution in [0.5, 0.6) is 0 Å². The molecular formula is C8H20N2Si. The van der Waals surface area contributed by atoms with Crippen molar-refractivity contribution in [1.82, 2.24) is 10.6 Å². The Morgan fingerprint density at radius 2 is 1.91 bits per heavy atom. The van der Waals surface area contributed by atoms with Crippen LogP contribution in [0.1, 0.15) is 13.8 Å². The third-order valence-corrected chi connectivity index (χ3v) is 2.88. The predicted octanol–water partition coefficient (Wildman–Crippen LogP) is 0.262. The average Bonchev–Trinajstić information content (AvgIpc) is 2.01. The van der Waals surface area contributed by atoms with E-state index >= 15 is 0 Å². The first-order valence-electron chi connectivity index (χ1n) is 4.42. The highest BCUT2D eigenvalue weighted by atomic mass is 28.2. The minimum atomic E-state index is -0.0275. The van der Waals surface area contributed by atoms with Gasteiger partial charge in [0.1, 0.15) is 0 Å². The first-order valence-corrected chi connectivity index (χ1v) is 6.24. The summed E-state index contributed by atoms with van der Waals surface area (Å²) < 4.78 is 0. The number of hydrogen-bond donors (Lipinski definition) is 2. The first kappa shape index (κ1) is 10.9. The van der Waals surface area contributed by atoms with E-state index in [2.05, 4.69) is 36.8 Å². The normalized spacial score (nSPS) is 11.5. The monoisotopic (exact) mass is 172 g/mol. The maximum absolute atomic E-state index is 3.76. The highest BCUT2D eigenvalue weighted by Crippen LogP contribution is 1.86. The van der Waals surface area contributed by atoms with E-state index in [1.165, 1.54) is 6.04 Å². The smallest absolute Gasteiger partial charge is 0.0544 e. The van der Waals surface area contributed by atoms with Crippen molar-refractivity contribution in [3.8, 4) is 0 Å². The van der Waals surface area contributed by atoms with Gasteiger partial charge in [-0.3, -0.25) is 0 Å². The van der Waals surface area contributed by atoms with E-state index in [1.54, 1.807) is 0 Å². The molecule has 0 aliphatic rings. The number of hydrogen-bond acceptors (Lipinski definition) is 2. The fraction of sp³-hybridized carbons (Fsp3) is 0.750. The topological polar surface area (TPSA) is 24.1 Å². The minimum absolute atomic E-state index is 0.0275. The summed E-state index contributed by atoms with van der Waals surface area (Å²) in [4.78, 5) is 0. The lowest BCUT2D eigenvalue weighted by Crippen LogP contribution is -2.42. The Balaban J connectivity index is 3.41. The molecule has 11 heavy (non-hydrogen) atoms. The van der Waals surface area contributed by atoms with Gasteiger partial charge in [-0.2, -0.15) is 0 Å². The van der Waals surface area contributed by atoms with Gasteiger partial charge in [-0.1, -0.05) is 13.8 Å². The molecule has 0 unspecified atom stereocenters. The molecule has 2 N–H and O–H groups in total. The molecule has 0 bridgehead atoms. The zero-order chi connectivity index (χ0) is 8.53. The fourth-order valence-electron chi connectivity index (χ4n) is 1.05. The van der Waals surface area contributed by atoms with Crippen LogP contribution in [0.25, 0.3) is 0 Å². The van der Waals surface area contributed by atoms with Crippen molar-refractivity contribution in [2.75, 3.05) is 13.1 Å². The molecule has 0 heterocycles. The molecule has 0 radical (unpaired) electrons. The summed E-state index contributed by atoms with van der Waals surface area (Å²) in [7, 11) is -0.0275. The maximum atomic E-state index is 3.76. The Morgan fingerprint density at radius 1 is 1.36 bits per heavy atom. The summed E-state index contributed by atoms with van der Waals surface area (Å²) in [6.45, 7) is 10.1. The van der Waals surface area contributed by atoms with Crippen LogP contribution in [0, 0.1) is 0 Å². The number of nitrogens with one attached hydrogen (secondary N) is 2. The van der Waals surface area contributed by atoms with Gasteiger partial charge in [0.15, 0.2) is 0 Å². The molecule has 0 aromatic carbocycles. The lowest BCUT2D eigenvalue weighted by atomic mass is 10.5. The lowest BCUT2D eigenvalue weighted by Gasteiger charge is -2.17. The van der Waals surface area contributed by atoms with Crippen LogP contribution in [0.3, 0.4) is 0 Å². The summed E-state index contributed by atoms with van der Waals surface area (Å²) in [5, 5.41) is 6.79. The molecule has 0 saturated carbocycles. The van der Waals surface area contributed by atoms with Crippen molar-refractivity contribution >= 4 is 9.52 Å². The van der Waals surface area contributed by atoms with Crippen LogP contribution < -0.4 is 10.6 Å². The van der Waals surface area contributed by atoms with Gasteiger partial charge in [0.25, 0.3) is 0 Å². The molecule has 0 aromatic rings. The first-order chi connectivity index (χ1) is 5.35. The van der Waals surface area contributed by atoms with Gasteiger partial charge < -0.3 is 10.6 Å². The third-order valence-electron chi connectivity index (χ3n) is 1.56. The van der Waals surface area contributed by atoms with E-state index in [4.69, 9.17) is 0 Å². The van der Waals surface area contributed by atoms with E-state index in [0.29, 0.717) is 6.17 Å². The van der Waals surface area contributed by atoms with Gasteiger partial charge in [-0.25, -0.2) is 0 Å². The predicted molar refractivity (Wildman–Crippen MR) is 54.7 cm³/mol. The van der Waals surface area contributed by atoms with E-state index in [-0.39, 0.29) is 9.52 Å². The highest BCUT2D eigenvalue weighted by molar-refractivity contribution is 6.41. The summed E-state index contributed by atoms with van der Waals surface area (Å²) in [6, 6.07) is 1.27. The quantitative estimate of drug-likeness (QED) is 0.425. The van der Waals surface area contributed by atoms with Gasteiger partial charge in [-0.05, 0) is 19.1 Å². The van der Waals surface area contributed by atoms with Crippen LogP contribution in [0.2, 0.25) is 6.04 Å². The molecule has 0 aliphatic heterocycles. The van der Waals surface area contributed by atoms with Crippen LogP contribution in [0.15, 0.2) is 12.3 Å². The Kier molecular flexibility index (Phi) is 7.89. The molecule has 2 nitrogen and oxygen atoms in total. The van der Waals surface area contributed by atoms with E-state index in [9.17, 15) is 0 Å². The summed E-state index contributed by atoms with van der Waals surface area (Å²) in [5.41, 5.74) is 2.10. The second kappa shape index (κ2) is 7.98. The second-order valence-electron chi connectivity index (χ2n) is 2.53. The molecule has 0 atom stereocenters. The fourth-order valence-corrected chi connectivity index (χ4v) is 2.03. The van der Waals surface area contributed by atoms with E-state index in [1.807, 2.05) is 0 Å². The molecule has 0 saturated heterocycles. The average molecular weight is 172 g/mol. The van der Waals surface area contributed by atoms with Crippen molar-refractivity contribution in [2.24, 2.45) is 0 Å². The summed E-state index contributed by atoms with van der Waals surface area (Å²) in [6.07, 6.45) is 0.523. The van der Waals surface area contributed by atoms with Crippen molar-refractivity contribution < 1.29 is 0 Å². The largest absolute Gasteiger partial charge is 0.302 e. The molecule has 66 valence electrons. The zero-order valence-electron chi connectivity index (χ0n) is 7.69. The lowest BCUT2D eigenvalue weighted by molar-refractivity contribution is 0.477. The van der Waals surface area contributed by atoms with Crippen LogP contribution >= 0.6 is 0 Å². The Bertz CT molecular complexity index is 90.1. The van der Waals surface area contributed by atoms with Crippen molar-refractivity contribution in [1.29, 1.82) is 0 Å². The standard InChI is InChI=1S/C8H20N2Si/c1-4-9-8(10-5-2)7-11-6-3/h6,8-10H,3-5,7,11H2,1-2H3. The minimum Gasteiger partial charge on any atom is -0.302 e. The van der Waals surface area contributed by atoms with Gasteiger partial charge >= 0.3 is 0 Å². The van der Waals surface area contributed by atoms with Crippen molar-refractivity contribution in [3.63, 3.8) is 0 Å². The van der Waals surface area contributed by atoms with Gasteiger partial charge in [0.05, 0.1) is 6.17 Å². The van der Waals surface area contributed by atoms with E-state index < -0.39 is 0 Å². The number of rotatable bonds is 7. The third kappa shape index (κ3) is 6.28. The Morgan fingerprint density at radius 3 is 2.27 bits per heavy atom. The van der Waals surface area contributed by atoms with E-state index in [0.717, 1.165) is 13.1 Å². The molecule has 3 heteroatoms. The molecular weight excluding hydrogens is 152 g/mol.